The number of rotatable bonds is 7. The van der Waals surface area contributed by atoms with E-state index < -0.39 is 9.84 Å². The van der Waals surface area contributed by atoms with Gasteiger partial charge in [-0.25, -0.2) is 8.42 Å². The summed E-state index contributed by atoms with van der Waals surface area (Å²) in [6, 6.07) is 4.73. The van der Waals surface area contributed by atoms with Crippen molar-refractivity contribution in [2.75, 3.05) is 36.6 Å². The topological polar surface area (TPSA) is 83.6 Å². The van der Waals surface area contributed by atoms with Gasteiger partial charge in [-0.3, -0.25) is 0 Å². The molecule has 3 N–H and O–H groups in total. The predicted octanol–water partition coefficient (Wildman–Crippen LogP) is 1.27. The maximum Gasteiger partial charge on any atom is 0.175 e. The molecule has 0 saturated carbocycles. The summed E-state index contributed by atoms with van der Waals surface area (Å²) in [4.78, 5) is 2.19. The van der Waals surface area contributed by atoms with E-state index in [0.717, 1.165) is 31.3 Å². The Morgan fingerprint density at radius 1 is 1.32 bits per heavy atom. The van der Waals surface area contributed by atoms with Crippen LogP contribution in [0.2, 0.25) is 0 Å². The number of aliphatic hydroxyl groups is 1. The van der Waals surface area contributed by atoms with Crippen molar-refractivity contribution in [2.24, 2.45) is 0 Å². The fraction of sp³-hybridized carbons (Fsp3) is 0.538. The Kier molecular flexibility index (Phi) is 5.62. The third kappa shape index (κ3) is 4.40. The lowest BCUT2D eigenvalue weighted by atomic mass is 10.2. The van der Waals surface area contributed by atoms with Crippen molar-refractivity contribution in [2.45, 2.75) is 24.7 Å². The Bertz CT molecular complexity index is 515. The molecule has 0 bridgehead atoms. The van der Waals surface area contributed by atoms with Gasteiger partial charge in [0.1, 0.15) is 0 Å². The van der Waals surface area contributed by atoms with E-state index in [9.17, 15) is 8.42 Å². The fourth-order valence-electron chi connectivity index (χ4n) is 1.87. The first-order valence-electron chi connectivity index (χ1n) is 6.35. The molecular formula is C13H22N2O3S. The summed E-state index contributed by atoms with van der Waals surface area (Å²) in [6.45, 7) is 3.41. The van der Waals surface area contributed by atoms with Gasteiger partial charge >= 0.3 is 0 Å². The van der Waals surface area contributed by atoms with Gasteiger partial charge in [0.2, 0.25) is 0 Å². The number of nitrogens with two attached hydrogens (primary N) is 1. The lowest BCUT2D eigenvalue weighted by Gasteiger charge is -2.25. The minimum atomic E-state index is -3.24. The molecule has 0 amide bonds. The molecule has 0 saturated heterocycles. The first-order chi connectivity index (χ1) is 8.90. The van der Waals surface area contributed by atoms with E-state index in [4.69, 9.17) is 10.8 Å². The number of nitrogens with zero attached hydrogens (tertiary/aromatic N) is 1. The van der Waals surface area contributed by atoms with Crippen molar-refractivity contribution in [1.29, 1.82) is 0 Å². The zero-order chi connectivity index (χ0) is 14.5. The Morgan fingerprint density at radius 3 is 2.47 bits per heavy atom. The number of nitrogen functional groups attached to an aromatic ring is 1. The van der Waals surface area contributed by atoms with E-state index in [1.165, 1.54) is 6.07 Å². The number of sulfone groups is 1. The van der Waals surface area contributed by atoms with Crippen molar-refractivity contribution in [3.8, 4) is 0 Å². The minimum absolute atomic E-state index is 0.0387. The summed E-state index contributed by atoms with van der Waals surface area (Å²) >= 11 is 0. The molecule has 0 aliphatic rings. The highest BCUT2D eigenvalue weighted by Crippen LogP contribution is 2.26. The summed E-state index contributed by atoms with van der Waals surface area (Å²) in [7, 11) is -3.24. The molecule has 1 aromatic rings. The van der Waals surface area contributed by atoms with Crippen LogP contribution in [0, 0.1) is 0 Å². The molecule has 0 unspecified atom stereocenters. The van der Waals surface area contributed by atoms with Crippen molar-refractivity contribution in [3.05, 3.63) is 18.2 Å². The standard InChI is InChI=1S/C13H22N2O3S/c1-3-4-7-15(8-9-16)13-6-5-11(10-12(13)14)19(2,17)18/h5-6,10,16H,3-4,7-9,14H2,1-2H3. The minimum Gasteiger partial charge on any atom is -0.397 e. The average molecular weight is 286 g/mol. The van der Waals surface area contributed by atoms with Crippen LogP contribution < -0.4 is 10.6 Å². The van der Waals surface area contributed by atoms with Crippen LogP contribution in [0.3, 0.4) is 0 Å². The average Bonchev–Trinajstić information content (AvgIpc) is 2.33. The van der Waals surface area contributed by atoms with Gasteiger partial charge in [0.25, 0.3) is 0 Å². The number of anilines is 2. The third-order valence-corrected chi connectivity index (χ3v) is 4.03. The monoisotopic (exact) mass is 286 g/mol. The SMILES string of the molecule is CCCCN(CCO)c1ccc(S(C)(=O)=O)cc1N. The Balaban J connectivity index is 3.04. The van der Waals surface area contributed by atoms with Crippen LogP contribution in [0.4, 0.5) is 11.4 Å². The second-order valence-electron chi connectivity index (χ2n) is 4.56. The number of benzene rings is 1. The normalized spacial score (nSPS) is 11.5. The fourth-order valence-corrected chi connectivity index (χ4v) is 2.53. The highest BCUT2D eigenvalue weighted by atomic mass is 32.2. The van der Waals surface area contributed by atoms with Gasteiger partial charge in [-0.05, 0) is 24.6 Å². The molecule has 0 radical (unpaired) electrons. The summed E-state index contributed by atoms with van der Waals surface area (Å²) in [5, 5.41) is 9.09. The third-order valence-electron chi connectivity index (χ3n) is 2.92. The van der Waals surface area contributed by atoms with Crippen molar-refractivity contribution < 1.29 is 13.5 Å². The second-order valence-corrected chi connectivity index (χ2v) is 6.57. The quantitative estimate of drug-likeness (QED) is 0.738. The highest BCUT2D eigenvalue weighted by Gasteiger charge is 2.13. The van der Waals surface area contributed by atoms with Gasteiger partial charge in [0.05, 0.1) is 22.9 Å². The second kappa shape index (κ2) is 6.77. The number of hydrogen-bond acceptors (Lipinski definition) is 5. The largest absolute Gasteiger partial charge is 0.397 e. The number of aliphatic hydroxyl groups excluding tert-OH is 1. The van der Waals surface area contributed by atoms with E-state index in [1.54, 1.807) is 12.1 Å². The van der Waals surface area contributed by atoms with E-state index >= 15 is 0 Å². The molecule has 6 heteroatoms. The van der Waals surface area contributed by atoms with Crippen LogP contribution in [-0.2, 0) is 9.84 Å². The van der Waals surface area contributed by atoms with Gasteiger partial charge in [-0.2, -0.15) is 0 Å². The van der Waals surface area contributed by atoms with Crippen LogP contribution in [0.1, 0.15) is 19.8 Å². The highest BCUT2D eigenvalue weighted by molar-refractivity contribution is 7.90. The van der Waals surface area contributed by atoms with E-state index in [1.807, 2.05) is 4.90 Å². The lowest BCUT2D eigenvalue weighted by Crippen LogP contribution is -2.28. The lowest BCUT2D eigenvalue weighted by molar-refractivity contribution is 0.301. The first-order valence-corrected chi connectivity index (χ1v) is 8.24. The molecule has 1 aromatic carbocycles. The van der Waals surface area contributed by atoms with Gasteiger partial charge in [0.15, 0.2) is 9.84 Å². The molecule has 1 rings (SSSR count). The Morgan fingerprint density at radius 2 is 2.00 bits per heavy atom. The molecule has 0 aliphatic carbocycles. The molecule has 0 fully saturated rings. The van der Waals surface area contributed by atoms with Crippen molar-refractivity contribution in [3.63, 3.8) is 0 Å². The zero-order valence-electron chi connectivity index (χ0n) is 11.5. The van der Waals surface area contributed by atoms with Gasteiger partial charge in [-0.1, -0.05) is 13.3 Å². The molecular weight excluding hydrogens is 264 g/mol. The van der Waals surface area contributed by atoms with Gasteiger partial charge in [0, 0.05) is 19.3 Å². The van der Waals surface area contributed by atoms with Crippen molar-refractivity contribution in [1.82, 2.24) is 0 Å². The first kappa shape index (κ1) is 15.8. The maximum absolute atomic E-state index is 11.5. The molecule has 19 heavy (non-hydrogen) atoms. The van der Waals surface area contributed by atoms with Crippen LogP contribution in [0.5, 0.6) is 0 Å². The molecule has 0 aromatic heterocycles. The van der Waals surface area contributed by atoms with Gasteiger partial charge < -0.3 is 15.7 Å². The molecule has 5 nitrogen and oxygen atoms in total. The van der Waals surface area contributed by atoms with Gasteiger partial charge in [-0.15, -0.1) is 0 Å². The summed E-state index contributed by atoms with van der Waals surface area (Å²) < 4.78 is 22.9. The van der Waals surface area contributed by atoms with Crippen LogP contribution in [0.25, 0.3) is 0 Å². The summed E-state index contributed by atoms with van der Waals surface area (Å²) in [5.41, 5.74) is 7.13. The molecule has 0 atom stereocenters. The smallest absolute Gasteiger partial charge is 0.175 e. The molecule has 108 valence electrons. The van der Waals surface area contributed by atoms with E-state index in [2.05, 4.69) is 6.92 Å². The molecule has 0 spiro atoms. The van der Waals surface area contributed by atoms with E-state index in [-0.39, 0.29) is 11.5 Å². The molecule has 0 aliphatic heterocycles. The number of hydrogen-bond donors (Lipinski definition) is 2. The predicted molar refractivity (Wildman–Crippen MR) is 78.2 cm³/mol. The maximum atomic E-state index is 11.5. The Hall–Kier alpha value is -1.27. The van der Waals surface area contributed by atoms with Crippen LogP contribution in [-0.4, -0.2) is 39.5 Å². The van der Waals surface area contributed by atoms with Crippen LogP contribution in [0.15, 0.2) is 23.1 Å². The summed E-state index contributed by atoms with van der Waals surface area (Å²) in [5.74, 6) is 0. The molecule has 0 heterocycles. The Labute approximate surface area is 115 Å². The summed E-state index contributed by atoms with van der Waals surface area (Å²) in [6.07, 6.45) is 3.19. The zero-order valence-corrected chi connectivity index (χ0v) is 12.3. The van der Waals surface area contributed by atoms with Crippen LogP contribution >= 0.6 is 0 Å². The van der Waals surface area contributed by atoms with E-state index in [0.29, 0.717) is 12.2 Å². The number of unbranched alkanes of at least 4 members (excludes halogenated alkanes) is 1. The van der Waals surface area contributed by atoms with Crippen molar-refractivity contribution >= 4 is 21.2 Å².